The summed E-state index contributed by atoms with van der Waals surface area (Å²) in [5.41, 5.74) is 1.68. The lowest BCUT2D eigenvalue weighted by Crippen LogP contribution is -2.20. The van der Waals surface area contributed by atoms with Crippen molar-refractivity contribution in [3.8, 4) is 11.3 Å². The van der Waals surface area contributed by atoms with Crippen LogP contribution in [0.3, 0.4) is 0 Å². The van der Waals surface area contributed by atoms with Gasteiger partial charge in [0.15, 0.2) is 6.04 Å². The summed E-state index contributed by atoms with van der Waals surface area (Å²) in [6.45, 7) is 0. The van der Waals surface area contributed by atoms with Crippen LogP contribution >= 0.6 is 46.3 Å². The van der Waals surface area contributed by atoms with Crippen molar-refractivity contribution in [2.75, 3.05) is 0 Å². The molecule has 31 heavy (non-hydrogen) atoms. The largest absolute Gasteiger partial charge is 0.480 e. The first-order chi connectivity index (χ1) is 14.8. The van der Waals surface area contributed by atoms with Crippen molar-refractivity contribution >= 4 is 63.1 Å². The molecule has 0 fully saturated rings. The maximum atomic E-state index is 11.7. The number of halogens is 2. The highest BCUT2D eigenvalue weighted by atomic mass is 35.5. The van der Waals surface area contributed by atoms with E-state index in [-0.39, 0.29) is 17.7 Å². The molecule has 12 heteroatoms. The first-order valence-corrected chi connectivity index (χ1v) is 11.4. The number of fused-ring (bicyclic) bond motifs is 3. The van der Waals surface area contributed by atoms with Crippen molar-refractivity contribution in [1.82, 2.24) is 4.98 Å². The Kier molecular flexibility index (Phi) is 6.24. The van der Waals surface area contributed by atoms with Crippen molar-refractivity contribution in [2.45, 2.75) is 23.1 Å². The Morgan fingerprint density at radius 2 is 2.06 bits per heavy atom. The van der Waals surface area contributed by atoms with Gasteiger partial charge < -0.3 is 5.11 Å². The third-order valence-corrected chi connectivity index (χ3v) is 7.69. The molecule has 158 valence electrons. The molecule has 0 amide bonds. The standard InChI is InChI=1S/C19H12Cl2N4O4S2/c20-11-6-5-10-16-14(8-30-17(10)15(11)21)31-19(22-16)24-23-12(18(26)27)7-9-3-1-2-4-13(9)25(28)29/h1-6,12H,7-8H2,(H,26,27). The van der Waals surface area contributed by atoms with Crippen LogP contribution in [0.5, 0.6) is 0 Å². The molecule has 0 bridgehead atoms. The number of benzene rings is 2. The number of nitrogens with zero attached hydrogens (tertiary/aromatic N) is 4. The lowest BCUT2D eigenvalue weighted by Gasteiger charge is -2.16. The number of carboxylic acid groups (broad SMARTS) is 1. The van der Waals surface area contributed by atoms with Gasteiger partial charge in [-0.2, -0.15) is 5.11 Å². The quantitative estimate of drug-likeness (QED) is 0.240. The molecule has 3 aromatic rings. The molecule has 2 aromatic carbocycles. The van der Waals surface area contributed by atoms with Crippen LogP contribution in [-0.2, 0) is 17.0 Å². The smallest absolute Gasteiger partial charge is 0.330 e. The Morgan fingerprint density at radius 1 is 1.29 bits per heavy atom. The molecule has 0 radical (unpaired) electrons. The fourth-order valence-corrected chi connectivity index (χ4v) is 5.68. The van der Waals surface area contributed by atoms with Gasteiger partial charge in [0, 0.05) is 39.1 Å². The zero-order chi connectivity index (χ0) is 22.1. The normalized spacial score (nSPS) is 13.6. The second-order valence-electron chi connectivity index (χ2n) is 6.45. The molecule has 0 saturated heterocycles. The van der Waals surface area contributed by atoms with E-state index in [4.69, 9.17) is 23.2 Å². The van der Waals surface area contributed by atoms with E-state index in [0.717, 1.165) is 21.0 Å². The van der Waals surface area contributed by atoms with Gasteiger partial charge in [0.1, 0.15) is 0 Å². The molecule has 0 spiro atoms. The maximum absolute atomic E-state index is 11.7. The summed E-state index contributed by atoms with van der Waals surface area (Å²) in [5.74, 6) is -0.598. The molecule has 0 saturated carbocycles. The number of carbonyl (C=O) groups is 1. The molecule has 8 nitrogen and oxygen atoms in total. The van der Waals surface area contributed by atoms with Crippen LogP contribution in [0.1, 0.15) is 10.4 Å². The Labute approximate surface area is 194 Å². The van der Waals surface area contributed by atoms with Gasteiger partial charge in [-0.05, 0) is 6.07 Å². The maximum Gasteiger partial charge on any atom is 0.330 e. The van der Waals surface area contributed by atoms with Gasteiger partial charge in [-0.15, -0.1) is 16.9 Å². The summed E-state index contributed by atoms with van der Waals surface area (Å²) >= 11 is 15.2. The minimum Gasteiger partial charge on any atom is -0.480 e. The number of aliphatic carboxylic acids is 1. The topological polar surface area (TPSA) is 118 Å². The molecule has 1 unspecified atom stereocenters. The number of thiazole rings is 1. The van der Waals surface area contributed by atoms with Crippen molar-refractivity contribution in [2.24, 2.45) is 10.2 Å². The van der Waals surface area contributed by atoms with Gasteiger partial charge in [0.05, 0.1) is 20.7 Å². The number of thioether (sulfide) groups is 1. The summed E-state index contributed by atoms with van der Waals surface area (Å²) in [6.07, 6.45) is -0.159. The highest BCUT2D eigenvalue weighted by Crippen LogP contribution is 2.49. The highest BCUT2D eigenvalue weighted by Gasteiger charge is 2.26. The van der Waals surface area contributed by atoms with E-state index in [1.807, 2.05) is 6.07 Å². The van der Waals surface area contributed by atoms with Gasteiger partial charge >= 0.3 is 5.97 Å². The van der Waals surface area contributed by atoms with Crippen LogP contribution in [0.15, 0.2) is 51.5 Å². The second kappa shape index (κ2) is 8.91. The van der Waals surface area contributed by atoms with Gasteiger partial charge in [-0.3, -0.25) is 10.1 Å². The third kappa shape index (κ3) is 4.42. The van der Waals surface area contributed by atoms with E-state index in [2.05, 4.69) is 15.2 Å². The van der Waals surface area contributed by atoms with Crippen molar-refractivity contribution < 1.29 is 14.8 Å². The Bertz CT molecular complexity index is 1230. The molecule has 1 atom stereocenters. The SMILES string of the molecule is O=C(O)C(Cc1ccccc1[N+](=O)[O-])N=Nc1nc2c(s1)CSc1c-2ccc(Cl)c1Cl. The number of hydrogen-bond acceptors (Lipinski definition) is 8. The molecule has 4 rings (SSSR count). The van der Waals surface area contributed by atoms with E-state index in [9.17, 15) is 20.0 Å². The number of nitro benzene ring substituents is 1. The van der Waals surface area contributed by atoms with Gasteiger partial charge in [0.2, 0.25) is 5.13 Å². The molecular formula is C19H12Cl2N4O4S2. The van der Waals surface area contributed by atoms with Crippen molar-refractivity contribution in [3.63, 3.8) is 0 Å². The molecule has 0 aliphatic carbocycles. The summed E-state index contributed by atoms with van der Waals surface area (Å²) in [5, 5.41) is 29.9. The summed E-state index contributed by atoms with van der Waals surface area (Å²) in [7, 11) is 0. The first kappa shape index (κ1) is 21.7. The number of azo groups is 1. The molecule has 1 aliphatic heterocycles. The molecule has 2 heterocycles. The number of para-hydroxylation sites is 1. The predicted molar refractivity (Wildman–Crippen MR) is 120 cm³/mol. The summed E-state index contributed by atoms with van der Waals surface area (Å²) in [6, 6.07) is 8.22. The second-order valence-corrected chi connectivity index (χ2v) is 9.29. The average molecular weight is 495 g/mol. The summed E-state index contributed by atoms with van der Waals surface area (Å²) in [4.78, 5) is 28.6. The lowest BCUT2D eigenvalue weighted by molar-refractivity contribution is -0.385. The molecule has 1 aromatic heterocycles. The number of rotatable bonds is 6. The Hall–Kier alpha value is -2.53. The monoisotopic (exact) mass is 494 g/mol. The van der Waals surface area contributed by atoms with E-state index in [1.165, 1.54) is 29.5 Å². The van der Waals surface area contributed by atoms with Gasteiger partial charge in [0.25, 0.3) is 5.69 Å². The van der Waals surface area contributed by atoms with Crippen LogP contribution in [0.2, 0.25) is 10.0 Å². The minimum atomic E-state index is -1.28. The van der Waals surface area contributed by atoms with E-state index in [1.54, 1.807) is 23.9 Å². The van der Waals surface area contributed by atoms with Crippen LogP contribution in [-0.4, -0.2) is 27.0 Å². The Balaban J connectivity index is 1.61. The minimum absolute atomic E-state index is 0.155. The number of carboxylic acids is 1. The van der Waals surface area contributed by atoms with Crippen LogP contribution in [0, 0.1) is 10.1 Å². The third-order valence-electron chi connectivity index (χ3n) is 4.51. The molecule has 1 N–H and O–H groups in total. The number of aromatic nitrogens is 1. The summed E-state index contributed by atoms with van der Waals surface area (Å²) < 4.78 is 0. The zero-order valence-corrected chi connectivity index (χ0v) is 18.6. The van der Waals surface area contributed by atoms with Crippen LogP contribution < -0.4 is 0 Å². The lowest BCUT2D eigenvalue weighted by atomic mass is 10.0. The van der Waals surface area contributed by atoms with Crippen molar-refractivity contribution in [1.29, 1.82) is 0 Å². The highest BCUT2D eigenvalue weighted by molar-refractivity contribution is 7.99. The zero-order valence-electron chi connectivity index (χ0n) is 15.5. The first-order valence-electron chi connectivity index (χ1n) is 8.82. The van der Waals surface area contributed by atoms with Crippen LogP contribution in [0.4, 0.5) is 10.8 Å². The fraction of sp³-hybridized carbons (Fsp3) is 0.158. The van der Waals surface area contributed by atoms with E-state index < -0.39 is 16.9 Å². The fourth-order valence-electron chi connectivity index (χ4n) is 3.05. The van der Waals surface area contributed by atoms with E-state index >= 15 is 0 Å². The van der Waals surface area contributed by atoms with Gasteiger partial charge in [-0.1, -0.05) is 58.8 Å². The van der Waals surface area contributed by atoms with Gasteiger partial charge in [-0.25, -0.2) is 9.78 Å². The molecule has 1 aliphatic rings. The number of hydrogen-bond donors (Lipinski definition) is 1. The van der Waals surface area contributed by atoms with Crippen molar-refractivity contribution in [3.05, 3.63) is 67.0 Å². The molecular weight excluding hydrogens is 483 g/mol. The van der Waals surface area contributed by atoms with E-state index in [0.29, 0.717) is 20.9 Å². The average Bonchev–Trinajstić information content (AvgIpc) is 3.17. The number of nitro groups is 1. The predicted octanol–water partition coefficient (Wildman–Crippen LogP) is 6.41. The van der Waals surface area contributed by atoms with Crippen LogP contribution in [0.25, 0.3) is 11.3 Å². The Morgan fingerprint density at radius 3 is 2.81 bits per heavy atom.